The van der Waals surface area contributed by atoms with Crippen LogP contribution >= 0.6 is 34.5 Å². The molecule has 2 aromatic rings. The molecular weight excluding hydrogens is 373 g/mol. The molecule has 1 N–H and O–H groups in total. The summed E-state index contributed by atoms with van der Waals surface area (Å²) >= 11 is 12.8. The first-order chi connectivity index (χ1) is 11.4. The lowest BCUT2D eigenvalue weighted by Gasteiger charge is -2.03. The first-order valence-electron chi connectivity index (χ1n) is 6.65. The number of nitrogens with one attached hydrogen (secondary N) is 1. The van der Waals surface area contributed by atoms with Crippen LogP contribution < -0.4 is 5.32 Å². The normalized spacial score (nSPS) is 15.4. The zero-order valence-electron chi connectivity index (χ0n) is 12.2. The highest BCUT2D eigenvalue weighted by Gasteiger charge is 2.25. The summed E-state index contributed by atoms with van der Waals surface area (Å²) in [4.78, 5) is 31.5. The van der Waals surface area contributed by atoms with E-state index < -0.39 is 5.97 Å². The number of esters is 1. The van der Waals surface area contributed by atoms with E-state index in [4.69, 9.17) is 27.9 Å². The number of nitrogens with zero attached hydrogens (tertiary/aromatic N) is 2. The molecule has 1 aliphatic heterocycles. The van der Waals surface area contributed by atoms with Crippen LogP contribution in [-0.4, -0.2) is 22.8 Å². The number of aromatic nitrogens is 1. The number of amides is 1. The minimum Gasteiger partial charge on any atom is -0.402 e. The van der Waals surface area contributed by atoms with Gasteiger partial charge >= 0.3 is 5.97 Å². The molecule has 0 aliphatic carbocycles. The van der Waals surface area contributed by atoms with Crippen molar-refractivity contribution in [3.63, 3.8) is 0 Å². The van der Waals surface area contributed by atoms with Crippen LogP contribution in [0, 0.1) is 0 Å². The second-order valence-electron chi connectivity index (χ2n) is 4.72. The van der Waals surface area contributed by atoms with Gasteiger partial charge in [0.05, 0.1) is 4.88 Å². The Balaban J connectivity index is 1.86. The minimum atomic E-state index is -0.587. The standard InChI is InChI=1S/C15H9Cl2N3O3S/c1-7(21)18-9-4-2-8(3-5-9)13-19-10(14(22)23-13)6-11-12(16)20-15(17)24-11/h2-6H,1H3,(H,18,21)/b10-6-. The predicted octanol–water partition coefficient (Wildman–Crippen LogP) is 3.75. The fourth-order valence-electron chi connectivity index (χ4n) is 1.93. The largest absolute Gasteiger partial charge is 0.402 e. The number of cyclic esters (lactones) is 1. The summed E-state index contributed by atoms with van der Waals surface area (Å²) in [7, 11) is 0. The summed E-state index contributed by atoms with van der Waals surface area (Å²) in [6, 6.07) is 6.76. The Morgan fingerprint density at radius 1 is 1.29 bits per heavy atom. The van der Waals surface area contributed by atoms with Crippen molar-refractivity contribution < 1.29 is 14.3 Å². The second-order valence-corrected chi connectivity index (χ2v) is 6.69. The van der Waals surface area contributed by atoms with E-state index in [0.29, 0.717) is 16.1 Å². The third-order valence-corrected chi connectivity index (χ3v) is 4.43. The molecule has 1 aromatic carbocycles. The van der Waals surface area contributed by atoms with Crippen LogP contribution in [0.3, 0.4) is 0 Å². The van der Waals surface area contributed by atoms with Crippen molar-refractivity contribution in [2.24, 2.45) is 4.99 Å². The summed E-state index contributed by atoms with van der Waals surface area (Å²) in [5.41, 5.74) is 1.35. The molecule has 1 amide bonds. The maximum Gasteiger partial charge on any atom is 0.363 e. The van der Waals surface area contributed by atoms with Crippen molar-refractivity contribution in [2.45, 2.75) is 6.92 Å². The number of hydrogen-bond donors (Lipinski definition) is 1. The quantitative estimate of drug-likeness (QED) is 0.648. The van der Waals surface area contributed by atoms with Crippen LogP contribution in [0.2, 0.25) is 9.62 Å². The van der Waals surface area contributed by atoms with Crippen LogP contribution in [0.1, 0.15) is 17.4 Å². The van der Waals surface area contributed by atoms with Crippen molar-refractivity contribution in [3.8, 4) is 0 Å². The van der Waals surface area contributed by atoms with Gasteiger partial charge in [-0.05, 0) is 30.3 Å². The Morgan fingerprint density at radius 2 is 2.00 bits per heavy atom. The molecule has 24 heavy (non-hydrogen) atoms. The SMILES string of the molecule is CC(=O)Nc1ccc(C2=N/C(=C\c3sc(Cl)nc3Cl)C(=O)O2)cc1. The fourth-order valence-corrected chi connectivity index (χ4v) is 3.23. The monoisotopic (exact) mass is 381 g/mol. The molecular formula is C15H9Cl2N3O3S. The van der Waals surface area contributed by atoms with Gasteiger partial charge in [-0.25, -0.2) is 14.8 Å². The average Bonchev–Trinajstić information content (AvgIpc) is 3.02. The van der Waals surface area contributed by atoms with Gasteiger partial charge in [0.2, 0.25) is 11.8 Å². The molecule has 9 heteroatoms. The van der Waals surface area contributed by atoms with Crippen LogP contribution in [0.25, 0.3) is 6.08 Å². The average molecular weight is 382 g/mol. The van der Waals surface area contributed by atoms with Crippen LogP contribution in [-0.2, 0) is 14.3 Å². The van der Waals surface area contributed by atoms with E-state index in [1.54, 1.807) is 24.3 Å². The molecule has 0 atom stereocenters. The summed E-state index contributed by atoms with van der Waals surface area (Å²) < 4.78 is 5.44. The Bertz CT molecular complexity index is 888. The lowest BCUT2D eigenvalue weighted by molar-refractivity contribution is -0.129. The van der Waals surface area contributed by atoms with E-state index in [9.17, 15) is 9.59 Å². The lowest BCUT2D eigenvalue weighted by atomic mass is 10.2. The minimum absolute atomic E-state index is 0.109. The number of rotatable bonds is 3. The van der Waals surface area contributed by atoms with Crippen molar-refractivity contribution in [1.29, 1.82) is 0 Å². The fraction of sp³-hybridized carbons (Fsp3) is 0.0667. The summed E-state index contributed by atoms with van der Waals surface area (Å²) in [5, 5.41) is 2.85. The molecule has 1 aliphatic rings. The van der Waals surface area contributed by atoms with Gasteiger partial charge in [0.1, 0.15) is 5.15 Å². The lowest BCUT2D eigenvalue weighted by Crippen LogP contribution is -2.07. The number of anilines is 1. The van der Waals surface area contributed by atoms with Gasteiger partial charge in [-0.15, -0.1) is 11.3 Å². The van der Waals surface area contributed by atoms with E-state index in [2.05, 4.69) is 15.3 Å². The number of ether oxygens (including phenoxy) is 1. The number of thiazole rings is 1. The molecule has 0 saturated carbocycles. The number of benzene rings is 1. The molecule has 6 nitrogen and oxygen atoms in total. The van der Waals surface area contributed by atoms with E-state index in [0.717, 1.165) is 11.3 Å². The van der Waals surface area contributed by atoms with E-state index in [1.165, 1.54) is 13.0 Å². The zero-order valence-corrected chi connectivity index (χ0v) is 14.5. The van der Waals surface area contributed by atoms with Crippen molar-refractivity contribution in [3.05, 3.63) is 50.0 Å². The predicted molar refractivity (Wildman–Crippen MR) is 93.5 cm³/mol. The molecule has 0 fully saturated rings. The number of carbonyl (C=O) groups excluding carboxylic acids is 2. The summed E-state index contributed by atoms with van der Waals surface area (Å²) in [6.45, 7) is 1.42. The smallest absolute Gasteiger partial charge is 0.363 e. The molecule has 0 unspecified atom stereocenters. The highest BCUT2D eigenvalue weighted by Crippen LogP contribution is 2.30. The maximum absolute atomic E-state index is 11.9. The number of aliphatic imine (C=N–C) groups is 1. The molecule has 0 bridgehead atoms. The molecule has 2 heterocycles. The molecule has 3 rings (SSSR count). The first-order valence-corrected chi connectivity index (χ1v) is 8.22. The van der Waals surface area contributed by atoms with E-state index in [-0.39, 0.29) is 27.1 Å². The number of halogens is 2. The van der Waals surface area contributed by atoms with Gasteiger partial charge < -0.3 is 10.1 Å². The highest BCUT2D eigenvalue weighted by molar-refractivity contribution is 7.17. The molecule has 0 radical (unpaired) electrons. The van der Waals surface area contributed by atoms with Gasteiger partial charge in [0.15, 0.2) is 10.2 Å². The number of carbonyl (C=O) groups is 2. The Morgan fingerprint density at radius 3 is 2.58 bits per heavy atom. The van der Waals surface area contributed by atoms with E-state index >= 15 is 0 Å². The molecule has 1 aromatic heterocycles. The topological polar surface area (TPSA) is 80.7 Å². The van der Waals surface area contributed by atoms with Gasteiger partial charge in [-0.2, -0.15) is 0 Å². The molecule has 0 saturated heterocycles. The van der Waals surface area contributed by atoms with Gasteiger partial charge in [0.25, 0.3) is 0 Å². The van der Waals surface area contributed by atoms with Crippen LogP contribution in [0.5, 0.6) is 0 Å². The third kappa shape index (κ3) is 3.64. The van der Waals surface area contributed by atoms with Gasteiger partial charge in [0, 0.05) is 18.2 Å². The van der Waals surface area contributed by atoms with Gasteiger partial charge in [-0.1, -0.05) is 23.2 Å². The highest BCUT2D eigenvalue weighted by atomic mass is 35.5. The third-order valence-electron chi connectivity index (χ3n) is 2.92. The van der Waals surface area contributed by atoms with Crippen molar-refractivity contribution >= 4 is 64.1 Å². The van der Waals surface area contributed by atoms with Crippen molar-refractivity contribution in [2.75, 3.05) is 5.32 Å². The summed E-state index contributed by atoms with van der Waals surface area (Å²) in [5.74, 6) is -0.582. The zero-order chi connectivity index (χ0) is 17.3. The Hall–Kier alpha value is -2.22. The molecule has 122 valence electrons. The Labute approximate surface area is 150 Å². The van der Waals surface area contributed by atoms with Crippen LogP contribution in [0.15, 0.2) is 35.0 Å². The van der Waals surface area contributed by atoms with Gasteiger partial charge in [-0.3, -0.25) is 4.79 Å². The van der Waals surface area contributed by atoms with E-state index in [1.807, 2.05) is 0 Å². The van der Waals surface area contributed by atoms with Crippen LogP contribution in [0.4, 0.5) is 5.69 Å². The maximum atomic E-state index is 11.9. The molecule has 0 spiro atoms. The number of hydrogen-bond acceptors (Lipinski definition) is 6. The summed E-state index contributed by atoms with van der Waals surface area (Å²) in [6.07, 6.45) is 1.48. The second kappa shape index (κ2) is 6.72. The van der Waals surface area contributed by atoms with Crippen molar-refractivity contribution in [1.82, 2.24) is 4.98 Å². The first kappa shape index (κ1) is 16.6. The Kier molecular flexibility index (Phi) is 4.66.